The number of hydrazone groups is 1. The molecule has 1 aliphatic rings. The zero-order valence-electron chi connectivity index (χ0n) is 19.0. The van der Waals surface area contributed by atoms with Crippen LogP contribution in [0.1, 0.15) is 55.7 Å². The van der Waals surface area contributed by atoms with E-state index >= 15 is 0 Å². The summed E-state index contributed by atoms with van der Waals surface area (Å²) in [6, 6.07) is 13.8. The smallest absolute Gasteiger partial charge is 0.241 e. The average molecular weight is 456 g/mol. The van der Waals surface area contributed by atoms with Gasteiger partial charge in [-0.1, -0.05) is 49.9 Å². The Hall–Kier alpha value is -3.00. The predicted molar refractivity (Wildman–Crippen MR) is 127 cm³/mol. The van der Waals surface area contributed by atoms with E-state index in [2.05, 4.69) is 49.4 Å². The molecule has 0 radical (unpaired) electrons. The van der Waals surface area contributed by atoms with Gasteiger partial charge in [0.25, 0.3) is 0 Å². The molecule has 0 bridgehead atoms. The zero-order valence-corrected chi connectivity index (χ0v) is 19.9. The van der Waals surface area contributed by atoms with Crippen LogP contribution in [0.25, 0.3) is 0 Å². The fourth-order valence-corrected chi connectivity index (χ4v) is 4.40. The lowest BCUT2D eigenvalue weighted by molar-refractivity contribution is -0.129. The van der Waals surface area contributed by atoms with Crippen molar-refractivity contribution in [1.29, 1.82) is 0 Å². The Kier molecular flexibility index (Phi) is 7.80. The predicted octanol–water partition coefficient (Wildman–Crippen LogP) is 4.58. The Bertz CT molecular complexity index is 1000. The summed E-state index contributed by atoms with van der Waals surface area (Å²) >= 11 is 1.32. The number of thioether (sulfide) groups is 1. The van der Waals surface area contributed by atoms with Gasteiger partial charge in [0.1, 0.15) is 30.1 Å². The first-order chi connectivity index (χ1) is 15.2. The molecule has 0 aromatic heterocycles. The molecule has 0 fully saturated rings. The molecule has 2 aromatic carbocycles. The quantitative estimate of drug-likeness (QED) is 0.618. The van der Waals surface area contributed by atoms with Gasteiger partial charge in [-0.2, -0.15) is 0 Å². The number of carbonyl (C=O) groups excluding carboxylic acids is 2. The van der Waals surface area contributed by atoms with Gasteiger partial charge in [-0.15, -0.1) is 5.10 Å². The summed E-state index contributed by atoms with van der Waals surface area (Å²) in [6.07, 6.45) is 0. The van der Waals surface area contributed by atoms with Crippen molar-refractivity contribution in [2.45, 2.75) is 45.9 Å². The molecule has 0 spiro atoms. The fraction of sp³-hybridized carbons (Fsp3) is 0.375. The summed E-state index contributed by atoms with van der Waals surface area (Å²) in [5, 5.41) is 8.30. The van der Waals surface area contributed by atoms with E-state index in [4.69, 9.17) is 9.47 Å². The first-order valence-electron chi connectivity index (χ1n) is 10.5. The molecular weight excluding hydrogens is 426 g/mol. The van der Waals surface area contributed by atoms with E-state index in [1.807, 2.05) is 24.3 Å². The van der Waals surface area contributed by atoms with Crippen molar-refractivity contribution in [3.63, 3.8) is 0 Å². The number of hydrogen-bond donors (Lipinski definition) is 1. The second kappa shape index (κ2) is 10.5. The van der Waals surface area contributed by atoms with Crippen molar-refractivity contribution in [2.24, 2.45) is 5.10 Å². The number of nitrogens with one attached hydrogen (secondary N) is 1. The van der Waals surface area contributed by atoms with Gasteiger partial charge in [0.2, 0.25) is 11.8 Å². The van der Waals surface area contributed by atoms with Crippen LogP contribution >= 0.6 is 11.8 Å². The Morgan fingerprint density at radius 1 is 1.09 bits per heavy atom. The molecule has 32 heavy (non-hydrogen) atoms. The van der Waals surface area contributed by atoms with Gasteiger partial charge in [-0.25, -0.2) is 5.01 Å². The normalized spacial score (nSPS) is 15.5. The highest BCUT2D eigenvalue weighted by molar-refractivity contribution is 8.14. The molecule has 3 rings (SSSR count). The van der Waals surface area contributed by atoms with E-state index in [0.29, 0.717) is 30.0 Å². The molecule has 2 amide bonds. The van der Waals surface area contributed by atoms with Crippen molar-refractivity contribution in [1.82, 2.24) is 10.3 Å². The molecule has 1 heterocycles. The molecule has 0 saturated carbocycles. The van der Waals surface area contributed by atoms with Crippen LogP contribution in [0.3, 0.4) is 0 Å². The molecule has 1 aliphatic heterocycles. The largest absolute Gasteiger partial charge is 0.490 e. The van der Waals surface area contributed by atoms with Crippen molar-refractivity contribution in [3.05, 3.63) is 59.2 Å². The highest BCUT2D eigenvalue weighted by atomic mass is 32.2. The Morgan fingerprint density at radius 3 is 2.41 bits per heavy atom. The topological polar surface area (TPSA) is 80.2 Å². The summed E-state index contributed by atoms with van der Waals surface area (Å²) in [4.78, 5) is 23.3. The maximum absolute atomic E-state index is 12.0. The van der Waals surface area contributed by atoms with Crippen molar-refractivity contribution in [3.8, 4) is 11.5 Å². The average Bonchev–Trinajstić information content (AvgIpc) is 3.15. The molecule has 0 saturated heterocycles. The lowest BCUT2D eigenvalue weighted by atomic mass is 10.0. The summed E-state index contributed by atoms with van der Waals surface area (Å²) in [5.41, 5.74) is 3.24. The second-order valence-electron chi connectivity index (χ2n) is 7.88. The van der Waals surface area contributed by atoms with Crippen LogP contribution in [-0.4, -0.2) is 35.2 Å². The maximum Gasteiger partial charge on any atom is 0.241 e. The minimum atomic E-state index is -0.331. The van der Waals surface area contributed by atoms with E-state index in [1.54, 1.807) is 0 Å². The van der Waals surface area contributed by atoms with Crippen LogP contribution in [0, 0.1) is 6.92 Å². The Labute approximate surface area is 193 Å². The van der Waals surface area contributed by atoms with E-state index in [9.17, 15) is 9.59 Å². The number of nitrogens with zero attached hydrogens (tertiary/aromatic N) is 2. The summed E-state index contributed by atoms with van der Waals surface area (Å²) in [5.74, 6) is 1.58. The van der Waals surface area contributed by atoms with E-state index in [-0.39, 0.29) is 17.2 Å². The molecule has 1 unspecified atom stereocenters. The van der Waals surface area contributed by atoms with Crippen LogP contribution in [0.5, 0.6) is 11.5 Å². The number of hydrogen-bond acceptors (Lipinski definition) is 6. The number of amidine groups is 1. The number of carbonyl (C=O) groups is 2. The molecule has 0 aliphatic carbocycles. The standard InChI is InChI=1S/C24H29N3O4S/c1-15(2)21-11-6-16(3)14-22(21)31-13-12-30-20-9-7-19(8-10-20)23-27(18(5)29)26-24(32-23)25-17(4)28/h6-11,14-15,23H,12-13H2,1-5H3,(H,25,26,28). The van der Waals surface area contributed by atoms with Crippen LogP contribution < -0.4 is 14.8 Å². The highest BCUT2D eigenvalue weighted by Crippen LogP contribution is 2.39. The van der Waals surface area contributed by atoms with Crippen molar-refractivity contribution in [2.75, 3.05) is 13.2 Å². The third-order valence-electron chi connectivity index (χ3n) is 4.82. The monoisotopic (exact) mass is 455 g/mol. The van der Waals surface area contributed by atoms with Gasteiger partial charge in [0.15, 0.2) is 5.17 Å². The Balaban J connectivity index is 1.56. The SMILES string of the molecule is CC(=O)NC1=NN(C(C)=O)C(c2ccc(OCCOc3cc(C)ccc3C(C)C)cc2)S1. The molecule has 2 aromatic rings. The van der Waals surface area contributed by atoms with E-state index in [1.165, 1.54) is 36.2 Å². The number of aryl methyl sites for hydroxylation is 1. The summed E-state index contributed by atoms with van der Waals surface area (Å²) < 4.78 is 11.8. The maximum atomic E-state index is 12.0. The van der Waals surface area contributed by atoms with Gasteiger partial charge in [0.05, 0.1) is 0 Å². The lowest BCUT2D eigenvalue weighted by Crippen LogP contribution is -2.25. The van der Waals surface area contributed by atoms with Gasteiger partial charge >= 0.3 is 0 Å². The molecule has 1 N–H and O–H groups in total. The highest BCUT2D eigenvalue weighted by Gasteiger charge is 2.32. The van der Waals surface area contributed by atoms with Crippen molar-refractivity contribution < 1.29 is 19.1 Å². The zero-order chi connectivity index (χ0) is 23.3. The molecule has 170 valence electrons. The first-order valence-corrected chi connectivity index (χ1v) is 11.4. The minimum absolute atomic E-state index is 0.197. The molecule has 1 atom stereocenters. The lowest BCUT2D eigenvalue weighted by Gasteiger charge is -2.19. The molecular formula is C24H29N3O4S. The van der Waals surface area contributed by atoms with Crippen molar-refractivity contribution >= 4 is 28.7 Å². The van der Waals surface area contributed by atoms with Gasteiger partial charge < -0.3 is 14.8 Å². The van der Waals surface area contributed by atoms with Crippen LogP contribution in [0.2, 0.25) is 0 Å². The number of ether oxygens (including phenoxy) is 2. The molecule has 8 heteroatoms. The summed E-state index contributed by atoms with van der Waals surface area (Å²) in [7, 11) is 0. The number of amides is 2. The van der Waals surface area contributed by atoms with Gasteiger partial charge in [-0.05, 0) is 47.7 Å². The van der Waals surface area contributed by atoms with Gasteiger partial charge in [-0.3, -0.25) is 9.59 Å². The van der Waals surface area contributed by atoms with Crippen LogP contribution in [0.15, 0.2) is 47.6 Å². The Morgan fingerprint density at radius 2 is 1.78 bits per heavy atom. The van der Waals surface area contributed by atoms with Crippen LogP contribution in [0.4, 0.5) is 0 Å². The van der Waals surface area contributed by atoms with Gasteiger partial charge in [0, 0.05) is 13.8 Å². The second-order valence-corrected chi connectivity index (χ2v) is 8.95. The third kappa shape index (κ3) is 6.03. The fourth-order valence-electron chi connectivity index (χ4n) is 3.26. The minimum Gasteiger partial charge on any atom is -0.490 e. The third-order valence-corrected chi connectivity index (χ3v) is 5.92. The molecule has 7 nitrogen and oxygen atoms in total. The van der Waals surface area contributed by atoms with E-state index < -0.39 is 0 Å². The van der Waals surface area contributed by atoms with Crippen LogP contribution in [-0.2, 0) is 9.59 Å². The first kappa shape index (κ1) is 23.7. The van der Waals surface area contributed by atoms with E-state index in [0.717, 1.165) is 16.9 Å². The summed E-state index contributed by atoms with van der Waals surface area (Å²) in [6.45, 7) is 10.1. The number of rotatable bonds is 7. The number of benzene rings is 2.